The van der Waals surface area contributed by atoms with Crippen LogP contribution in [-0.2, 0) is 6.61 Å². The fourth-order valence-electron chi connectivity index (χ4n) is 4.66. The number of nitrogens with two attached hydrogens (primary N) is 1. The highest BCUT2D eigenvalue weighted by Gasteiger charge is 2.25. The average Bonchev–Trinajstić information content (AvgIpc) is 3.00. The molecule has 1 amide bonds. The van der Waals surface area contributed by atoms with Crippen molar-refractivity contribution in [2.75, 3.05) is 57.6 Å². The minimum atomic E-state index is -0.0639. The molecular weight excluding hydrogens is 510 g/mol. The minimum absolute atomic E-state index is 0.0639. The van der Waals surface area contributed by atoms with Crippen LogP contribution in [0, 0.1) is 0 Å². The van der Waals surface area contributed by atoms with Crippen molar-refractivity contribution >= 4 is 28.6 Å². The first-order valence-corrected chi connectivity index (χ1v) is 13.2. The maximum atomic E-state index is 13.4. The zero-order valence-corrected chi connectivity index (χ0v) is 22.9. The molecule has 208 valence electrons. The van der Waals surface area contributed by atoms with E-state index in [1.165, 1.54) is 0 Å². The maximum absolute atomic E-state index is 13.4. The van der Waals surface area contributed by atoms with Crippen LogP contribution in [0.4, 0.5) is 11.8 Å². The van der Waals surface area contributed by atoms with E-state index in [1.54, 1.807) is 44.6 Å². The van der Waals surface area contributed by atoms with Gasteiger partial charge in [0.25, 0.3) is 5.91 Å². The van der Waals surface area contributed by atoms with Gasteiger partial charge >= 0.3 is 0 Å². The van der Waals surface area contributed by atoms with E-state index in [1.807, 2.05) is 47.1 Å². The Morgan fingerprint density at radius 3 is 2.27 bits per heavy atom. The number of benzene rings is 3. The summed E-state index contributed by atoms with van der Waals surface area (Å²) in [5.74, 6) is 3.10. The van der Waals surface area contributed by atoms with E-state index >= 15 is 0 Å². The summed E-state index contributed by atoms with van der Waals surface area (Å²) in [5.41, 5.74) is 8.55. The van der Waals surface area contributed by atoms with E-state index in [0.29, 0.717) is 90.6 Å². The number of fused-ring (bicyclic) bond motifs is 1. The third-order valence-electron chi connectivity index (χ3n) is 6.80. The van der Waals surface area contributed by atoms with Crippen LogP contribution in [-0.4, -0.2) is 67.8 Å². The summed E-state index contributed by atoms with van der Waals surface area (Å²) in [4.78, 5) is 26.5. The number of methoxy groups -OCH3 is 2. The molecule has 1 aliphatic heterocycles. The summed E-state index contributed by atoms with van der Waals surface area (Å²) < 4.78 is 22.6. The molecule has 10 heteroatoms. The van der Waals surface area contributed by atoms with Gasteiger partial charge in [0.2, 0.25) is 5.95 Å². The summed E-state index contributed by atoms with van der Waals surface area (Å²) in [5, 5.41) is 0.691. The van der Waals surface area contributed by atoms with Gasteiger partial charge in [-0.1, -0.05) is 30.3 Å². The van der Waals surface area contributed by atoms with Gasteiger partial charge in [-0.2, -0.15) is 4.98 Å². The van der Waals surface area contributed by atoms with Crippen molar-refractivity contribution in [3.8, 4) is 23.0 Å². The molecule has 2 N–H and O–H groups in total. The molecule has 10 nitrogen and oxygen atoms in total. The lowest BCUT2D eigenvalue weighted by Gasteiger charge is -2.35. The molecule has 0 unspecified atom stereocenters. The van der Waals surface area contributed by atoms with Gasteiger partial charge in [-0.05, 0) is 36.8 Å². The molecule has 0 radical (unpaired) electrons. The van der Waals surface area contributed by atoms with Crippen LogP contribution in [0.5, 0.6) is 23.0 Å². The number of aromatic nitrogens is 2. The van der Waals surface area contributed by atoms with Crippen molar-refractivity contribution in [2.45, 2.75) is 13.5 Å². The number of amides is 1. The summed E-state index contributed by atoms with van der Waals surface area (Å²) >= 11 is 0. The molecule has 0 spiro atoms. The Bertz CT molecular complexity index is 1490. The Kier molecular flexibility index (Phi) is 8.04. The molecule has 3 aromatic carbocycles. The van der Waals surface area contributed by atoms with Gasteiger partial charge in [0.1, 0.15) is 12.4 Å². The van der Waals surface area contributed by atoms with Crippen LogP contribution in [0.1, 0.15) is 22.8 Å². The van der Waals surface area contributed by atoms with Crippen molar-refractivity contribution in [3.63, 3.8) is 0 Å². The van der Waals surface area contributed by atoms with Gasteiger partial charge in [0.05, 0.1) is 26.3 Å². The first-order chi connectivity index (χ1) is 19.5. The number of carbonyl (C=O) groups excluding carboxylic acids is 1. The first-order valence-electron chi connectivity index (χ1n) is 13.2. The number of hydrogen-bond acceptors (Lipinski definition) is 9. The molecule has 1 aromatic heterocycles. The lowest BCUT2D eigenvalue weighted by Crippen LogP contribution is -2.49. The molecule has 1 aliphatic rings. The lowest BCUT2D eigenvalue weighted by molar-refractivity contribution is 0.0745. The zero-order chi connectivity index (χ0) is 28.1. The molecule has 40 heavy (non-hydrogen) atoms. The normalized spacial score (nSPS) is 13.3. The molecule has 0 saturated carbocycles. The molecule has 5 rings (SSSR count). The van der Waals surface area contributed by atoms with E-state index in [-0.39, 0.29) is 5.91 Å². The predicted molar refractivity (Wildman–Crippen MR) is 154 cm³/mol. The molecule has 1 fully saturated rings. The topological polar surface area (TPSA) is 112 Å². The van der Waals surface area contributed by atoms with Crippen LogP contribution in [0.15, 0.2) is 60.7 Å². The summed E-state index contributed by atoms with van der Waals surface area (Å²) in [7, 11) is 3.15. The number of anilines is 2. The number of carbonyl (C=O) groups is 1. The Labute approximate surface area is 233 Å². The second-order valence-corrected chi connectivity index (χ2v) is 9.28. The Hall–Kier alpha value is -4.73. The minimum Gasteiger partial charge on any atom is -0.493 e. The highest BCUT2D eigenvalue weighted by Crippen LogP contribution is 2.34. The number of ether oxygens (including phenoxy) is 4. The third-order valence-corrected chi connectivity index (χ3v) is 6.80. The van der Waals surface area contributed by atoms with Gasteiger partial charge in [-0.25, -0.2) is 4.98 Å². The second kappa shape index (κ2) is 12.0. The number of nitrogen functional groups attached to an aromatic ring is 1. The van der Waals surface area contributed by atoms with E-state index in [2.05, 4.69) is 4.98 Å². The third kappa shape index (κ3) is 5.66. The van der Waals surface area contributed by atoms with E-state index in [4.69, 9.17) is 29.7 Å². The van der Waals surface area contributed by atoms with Crippen LogP contribution in [0.25, 0.3) is 10.9 Å². The van der Waals surface area contributed by atoms with Crippen LogP contribution in [0.2, 0.25) is 0 Å². The highest BCUT2D eigenvalue weighted by atomic mass is 16.5. The summed E-state index contributed by atoms with van der Waals surface area (Å²) in [6.45, 7) is 4.96. The molecular formula is C30H33N5O5. The summed E-state index contributed by atoms with van der Waals surface area (Å²) in [6.07, 6.45) is 0. The van der Waals surface area contributed by atoms with Gasteiger partial charge in [-0.15, -0.1) is 0 Å². The molecule has 2 heterocycles. The quantitative estimate of drug-likeness (QED) is 0.332. The fourth-order valence-corrected chi connectivity index (χ4v) is 4.66. The zero-order valence-electron chi connectivity index (χ0n) is 22.9. The maximum Gasteiger partial charge on any atom is 0.254 e. The molecule has 0 atom stereocenters. The lowest BCUT2D eigenvalue weighted by atomic mass is 10.1. The van der Waals surface area contributed by atoms with Crippen molar-refractivity contribution in [2.24, 2.45) is 0 Å². The van der Waals surface area contributed by atoms with Crippen LogP contribution < -0.4 is 29.6 Å². The number of piperazine rings is 1. The Morgan fingerprint density at radius 1 is 0.850 bits per heavy atom. The van der Waals surface area contributed by atoms with E-state index in [0.717, 1.165) is 5.56 Å². The smallest absolute Gasteiger partial charge is 0.254 e. The van der Waals surface area contributed by atoms with E-state index in [9.17, 15) is 4.79 Å². The monoisotopic (exact) mass is 543 g/mol. The molecule has 1 saturated heterocycles. The number of rotatable bonds is 9. The standard InChI is InChI=1S/C30H33N5O5/c1-4-39-27-16-21(10-11-24(27)40-19-20-8-6-5-7-9-20)29(36)34-12-14-35(15-13-34)30-32-23-18-26(38-3)25(37-2)17-22(23)28(31)33-30/h5-11,16-18H,4,12-15,19H2,1-3H3,(H2,31,32,33). The van der Waals surface area contributed by atoms with E-state index < -0.39 is 0 Å². The van der Waals surface area contributed by atoms with Gasteiger partial charge in [-0.3, -0.25) is 4.79 Å². The van der Waals surface area contributed by atoms with Gasteiger partial charge < -0.3 is 34.5 Å². The van der Waals surface area contributed by atoms with Crippen molar-refractivity contribution < 1.29 is 23.7 Å². The van der Waals surface area contributed by atoms with Gasteiger partial charge in [0, 0.05) is 43.2 Å². The van der Waals surface area contributed by atoms with Crippen molar-refractivity contribution in [1.82, 2.24) is 14.9 Å². The largest absolute Gasteiger partial charge is 0.493 e. The summed E-state index contributed by atoms with van der Waals surface area (Å²) in [6, 6.07) is 18.8. The number of nitrogens with zero attached hydrogens (tertiary/aromatic N) is 4. The fraction of sp³-hybridized carbons (Fsp3) is 0.300. The predicted octanol–water partition coefficient (Wildman–Crippen LogP) is 4.17. The Morgan fingerprint density at radius 2 is 1.57 bits per heavy atom. The molecule has 0 aliphatic carbocycles. The van der Waals surface area contributed by atoms with Crippen molar-refractivity contribution in [3.05, 3.63) is 71.8 Å². The average molecular weight is 544 g/mol. The van der Waals surface area contributed by atoms with Crippen molar-refractivity contribution in [1.29, 1.82) is 0 Å². The van der Waals surface area contributed by atoms with Crippen LogP contribution >= 0.6 is 0 Å². The molecule has 0 bridgehead atoms. The van der Waals surface area contributed by atoms with Gasteiger partial charge in [0.15, 0.2) is 23.0 Å². The number of hydrogen-bond donors (Lipinski definition) is 1. The van der Waals surface area contributed by atoms with Crippen LogP contribution in [0.3, 0.4) is 0 Å². The second-order valence-electron chi connectivity index (χ2n) is 9.28. The Balaban J connectivity index is 1.27. The highest BCUT2D eigenvalue weighted by molar-refractivity contribution is 5.95. The SMILES string of the molecule is CCOc1cc(C(=O)N2CCN(c3nc(N)c4cc(OC)c(OC)cc4n3)CC2)ccc1OCc1ccccc1. The first kappa shape index (κ1) is 26.9. The molecule has 4 aromatic rings.